The maximum atomic E-state index is 12.9. The number of carbonyl (C=O) groups is 2. The van der Waals surface area contributed by atoms with E-state index in [0.717, 1.165) is 25.2 Å². The number of amides is 2. The highest BCUT2D eigenvalue weighted by atomic mass is 32.1. The first kappa shape index (κ1) is 18.0. The summed E-state index contributed by atoms with van der Waals surface area (Å²) in [6, 6.07) is 5.11. The second-order valence-corrected chi connectivity index (χ2v) is 8.64. The topological polar surface area (TPSA) is 97.9 Å². The van der Waals surface area contributed by atoms with Crippen LogP contribution in [-0.2, 0) is 13.6 Å². The Morgan fingerprint density at radius 1 is 1.28 bits per heavy atom. The van der Waals surface area contributed by atoms with Crippen LogP contribution >= 0.6 is 11.3 Å². The highest BCUT2D eigenvalue weighted by Gasteiger charge is 2.51. The zero-order valence-electron chi connectivity index (χ0n) is 16.0. The van der Waals surface area contributed by atoms with Crippen molar-refractivity contribution in [1.29, 1.82) is 0 Å². The smallest absolute Gasteiger partial charge is 0.274 e. The molecule has 0 aliphatic carbocycles. The van der Waals surface area contributed by atoms with E-state index in [0.29, 0.717) is 23.7 Å². The number of rotatable bonds is 3. The number of aryl methyl sites for hydroxylation is 2. The molecule has 0 radical (unpaired) electrons. The summed E-state index contributed by atoms with van der Waals surface area (Å²) >= 11 is 1.41. The van der Waals surface area contributed by atoms with Gasteiger partial charge >= 0.3 is 0 Å². The summed E-state index contributed by atoms with van der Waals surface area (Å²) in [5, 5.41) is 13.6. The molecule has 29 heavy (non-hydrogen) atoms. The molecule has 5 heterocycles. The molecular formula is C19H21N7O2S. The van der Waals surface area contributed by atoms with Gasteiger partial charge in [-0.25, -0.2) is 9.67 Å². The standard InChI is InChI=1S/C19H21N7O2S/c1-24-7-4-13(23-24)18(28)25-8-5-19(11-25)6-9-26-16(20-12-21-26)15(19)22-17(27)14-3-2-10-29-14/h2-4,7,10,12,15H,5-6,8-9,11H2,1H3,(H,22,27)/t15-,19+/m1/s1. The van der Waals surface area contributed by atoms with Gasteiger partial charge in [-0.2, -0.15) is 10.2 Å². The predicted molar refractivity (Wildman–Crippen MR) is 105 cm³/mol. The van der Waals surface area contributed by atoms with Crippen molar-refractivity contribution in [2.24, 2.45) is 12.5 Å². The molecule has 1 saturated heterocycles. The fraction of sp³-hybridized carbons (Fsp3) is 0.421. The van der Waals surface area contributed by atoms with Crippen LogP contribution in [0, 0.1) is 5.41 Å². The third-order valence-corrected chi connectivity index (χ3v) is 6.83. The van der Waals surface area contributed by atoms with Gasteiger partial charge in [-0.1, -0.05) is 6.07 Å². The lowest BCUT2D eigenvalue weighted by Crippen LogP contribution is -2.48. The van der Waals surface area contributed by atoms with Crippen molar-refractivity contribution in [3.05, 3.63) is 52.5 Å². The van der Waals surface area contributed by atoms with E-state index < -0.39 is 0 Å². The number of nitrogens with one attached hydrogen (secondary N) is 1. The van der Waals surface area contributed by atoms with Gasteiger partial charge in [0.2, 0.25) is 0 Å². The second-order valence-electron chi connectivity index (χ2n) is 7.69. The van der Waals surface area contributed by atoms with Gasteiger partial charge in [0.25, 0.3) is 11.8 Å². The quantitative estimate of drug-likeness (QED) is 0.704. The van der Waals surface area contributed by atoms with E-state index in [1.807, 2.05) is 27.1 Å². The van der Waals surface area contributed by atoms with E-state index in [1.165, 1.54) is 17.7 Å². The molecule has 3 aromatic rings. The van der Waals surface area contributed by atoms with Crippen molar-refractivity contribution < 1.29 is 9.59 Å². The molecule has 0 aromatic carbocycles. The van der Waals surface area contributed by atoms with Crippen LogP contribution in [0.3, 0.4) is 0 Å². The van der Waals surface area contributed by atoms with E-state index in [2.05, 4.69) is 20.5 Å². The number of likely N-dealkylation sites (tertiary alicyclic amines) is 1. The lowest BCUT2D eigenvalue weighted by atomic mass is 9.74. The van der Waals surface area contributed by atoms with E-state index in [-0.39, 0.29) is 23.3 Å². The van der Waals surface area contributed by atoms with E-state index >= 15 is 0 Å². The predicted octanol–water partition coefficient (Wildman–Crippen LogP) is 1.48. The Labute approximate surface area is 171 Å². The maximum absolute atomic E-state index is 12.9. The molecule has 9 nitrogen and oxygen atoms in total. The average molecular weight is 411 g/mol. The average Bonchev–Trinajstić information content (AvgIpc) is 3.51. The third kappa shape index (κ3) is 3.03. The van der Waals surface area contributed by atoms with Crippen LogP contribution in [0.5, 0.6) is 0 Å². The summed E-state index contributed by atoms with van der Waals surface area (Å²) in [4.78, 5) is 32.7. The minimum Gasteiger partial charge on any atom is -0.341 e. The summed E-state index contributed by atoms with van der Waals surface area (Å²) in [7, 11) is 1.80. The Morgan fingerprint density at radius 3 is 2.90 bits per heavy atom. The van der Waals surface area contributed by atoms with Gasteiger partial charge in [-0.3, -0.25) is 14.3 Å². The molecule has 2 aliphatic heterocycles. The molecular weight excluding hydrogens is 390 g/mol. The van der Waals surface area contributed by atoms with E-state index in [4.69, 9.17) is 0 Å². The minimum absolute atomic E-state index is 0.0714. The zero-order chi connectivity index (χ0) is 20.0. The van der Waals surface area contributed by atoms with Crippen LogP contribution in [0.15, 0.2) is 36.1 Å². The van der Waals surface area contributed by atoms with Gasteiger partial charge in [0.15, 0.2) is 0 Å². The SMILES string of the molecule is Cn1ccc(C(=O)N2CC[C@]3(CCn4ncnc4[C@H]3NC(=O)c3cccs3)C2)n1. The number of hydrogen-bond donors (Lipinski definition) is 1. The summed E-state index contributed by atoms with van der Waals surface area (Å²) in [6.07, 6.45) is 4.93. The number of aromatic nitrogens is 5. The number of hydrogen-bond acceptors (Lipinski definition) is 6. The number of thiophene rings is 1. The first-order chi connectivity index (χ1) is 14.1. The molecule has 150 valence electrons. The van der Waals surface area contributed by atoms with E-state index in [9.17, 15) is 9.59 Å². The molecule has 0 unspecified atom stereocenters. The number of carbonyl (C=O) groups excluding carboxylic acids is 2. The van der Waals surface area contributed by atoms with Gasteiger partial charge in [0.1, 0.15) is 17.8 Å². The molecule has 2 aliphatic rings. The molecule has 1 spiro atoms. The molecule has 1 N–H and O–H groups in total. The first-order valence-electron chi connectivity index (χ1n) is 9.57. The Kier molecular flexibility index (Phi) is 4.23. The van der Waals surface area contributed by atoms with Crippen LogP contribution in [0.25, 0.3) is 0 Å². The highest BCUT2D eigenvalue weighted by Crippen LogP contribution is 2.47. The molecule has 1 fully saturated rings. The summed E-state index contributed by atoms with van der Waals surface area (Å²) in [6.45, 7) is 1.92. The highest BCUT2D eigenvalue weighted by molar-refractivity contribution is 7.12. The molecule has 0 saturated carbocycles. The zero-order valence-corrected chi connectivity index (χ0v) is 16.8. The van der Waals surface area contributed by atoms with Crippen LogP contribution in [0.2, 0.25) is 0 Å². The van der Waals surface area contributed by atoms with Crippen molar-refractivity contribution in [3.8, 4) is 0 Å². The van der Waals surface area contributed by atoms with Crippen LogP contribution in [0.4, 0.5) is 0 Å². The Bertz CT molecular complexity index is 1060. The number of nitrogens with zero attached hydrogens (tertiary/aromatic N) is 6. The minimum atomic E-state index is -0.296. The van der Waals surface area contributed by atoms with E-state index in [1.54, 1.807) is 24.0 Å². The van der Waals surface area contributed by atoms with Crippen LogP contribution < -0.4 is 5.32 Å². The summed E-state index contributed by atoms with van der Waals surface area (Å²) < 4.78 is 3.49. The molecule has 10 heteroatoms. The van der Waals surface area contributed by atoms with Gasteiger partial charge < -0.3 is 10.2 Å². The lowest BCUT2D eigenvalue weighted by molar-refractivity contribution is 0.0697. The largest absolute Gasteiger partial charge is 0.341 e. The second kappa shape index (κ2) is 6.80. The van der Waals surface area contributed by atoms with Crippen LogP contribution in [0.1, 0.15) is 44.9 Å². The summed E-state index contributed by atoms with van der Waals surface area (Å²) in [5.74, 6) is 0.571. The van der Waals surface area contributed by atoms with Crippen LogP contribution in [-0.4, -0.2) is 54.3 Å². The monoisotopic (exact) mass is 411 g/mol. The molecule has 3 aromatic heterocycles. The fourth-order valence-electron chi connectivity index (χ4n) is 4.44. The van der Waals surface area contributed by atoms with Crippen molar-refractivity contribution in [2.75, 3.05) is 13.1 Å². The normalized spacial score (nSPS) is 23.3. The summed E-state index contributed by atoms with van der Waals surface area (Å²) in [5.41, 5.74) is 0.183. The number of fused-ring (bicyclic) bond motifs is 1. The Morgan fingerprint density at radius 2 is 2.14 bits per heavy atom. The van der Waals surface area contributed by atoms with Gasteiger partial charge in [0.05, 0.1) is 10.9 Å². The third-order valence-electron chi connectivity index (χ3n) is 5.96. The Hall–Kier alpha value is -3.01. The van der Waals surface area contributed by atoms with Gasteiger partial charge in [0, 0.05) is 38.3 Å². The lowest BCUT2D eigenvalue weighted by Gasteiger charge is -2.40. The molecule has 0 bridgehead atoms. The van der Waals surface area contributed by atoms with Gasteiger partial charge in [-0.05, 0) is 30.4 Å². The van der Waals surface area contributed by atoms with Crippen molar-refractivity contribution >= 4 is 23.2 Å². The maximum Gasteiger partial charge on any atom is 0.274 e. The van der Waals surface area contributed by atoms with Crippen molar-refractivity contribution in [2.45, 2.75) is 25.4 Å². The fourth-order valence-corrected chi connectivity index (χ4v) is 5.07. The molecule has 2 amide bonds. The van der Waals surface area contributed by atoms with Gasteiger partial charge in [-0.15, -0.1) is 11.3 Å². The van der Waals surface area contributed by atoms with Crippen molar-refractivity contribution in [1.82, 2.24) is 34.8 Å². The first-order valence-corrected chi connectivity index (χ1v) is 10.4. The molecule has 5 rings (SSSR count). The Balaban J connectivity index is 1.43. The van der Waals surface area contributed by atoms with Crippen molar-refractivity contribution in [3.63, 3.8) is 0 Å². The molecule has 2 atom stereocenters.